The first-order chi connectivity index (χ1) is 11.3. The highest BCUT2D eigenvalue weighted by Crippen LogP contribution is 2.10. The Morgan fingerprint density at radius 2 is 1.78 bits per heavy atom. The molecule has 0 aliphatic carbocycles. The lowest BCUT2D eigenvalue weighted by Gasteiger charge is -2.35. The number of carbonyl (C=O) groups is 1. The molecule has 0 unspecified atom stereocenters. The van der Waals surface area contributed by atoms with Gasteiger partial charge < -0.3 is 15.0 Å². The fraction of sp³-hybridized carbons (Fsp3) is 0.611. The largest absolute Gasteiger partial charge is 0.368 e. The average molecular weight is 317 g/mol. The number of piperazine rings is 1. The van der Waals surface area contributed by atoms with Gasteiger partial charge in [0.05, 0.1) is 6.10 Å². The Balaban J connectivity index is 1.37. The van der Waals surface area contributed by atoms with Gasteiger partial charge in [0.2, 0.25) is 5.91 Å². The molecule has 2 fully saturated rings. The molecule has 0 atom stereocenters. The monoisotopic (exact) mass is 317 g/mol. The third-order valence-corrected chi connectivity index (χ3v) is 4.70. The van der Waals surface area contributed by atoms with E-state index in [1.54, 1.807) is 0 Å². The van der Waals surface area contributed by atoms with Crippen molar-refractivity contribution in [3.63, 3.8) is 0 Å². The summed E-state index contributed by atoms with van der Waals surface area (Å²) in [5.74, 6) is 0.142. The number of nitrogens with one attached hydrogen (secondary N) is 1. The molecule has 5 nitrogen and oxygen atoms in total. The number of nitrogens with zero attached hydrogens (tertiary/aromatic N) is 2. The maximum atomic E-state index is 12.3. The fourth-order valence-corrected chi connectivity index (χ4v) is 3.24. The van der Waals surface area contributed by atoms with E-state index in [0.29, 0.717) is 0 Å². The lowest BCUT2D eigenvalue weighted by Crippen LogP contribution is -2.49. The molecular weight excluding hydrogens is 290 g/mol. The van der Waals surface area contributed by atoms with E-state index < -0.39 is 0 Å². The molecule has 2 heterocycles. The predicted octanol–water partition coefficient (Wildman–Crippen LogP) is 1.10. The van der Waals surface area contributed by atoms with Gasteiger partial charge in [-0.15, -0.1) is 0 Å². The van der Waals surface area contributed by atoms with Crippen molar-refractivity contribution in [2.75, 3.05) is 45.9 Å². The minimum atomic E-state index is 0.142. The van der Waals surface area contributed by atoms with E-state index in [4.69, 9.17) is 4.74 Å². The molecule has 0 spiro atoms. The minimum absolute atomic E-state index is 0.142. The topological polar surface area (TPSA) is 44.8 Å². The first kappa shape index (κ1) is 16.4. The molecule has 2 aliphatic heterocycles. The van der Waals surface area contributed by atoms with Crippen molar-refractivity contribution in [2.45, 2.75) is 25.5 Å². The van der Waals surface area contributed by atoms with Crippen LogP contribution in [0.5, 0.6) is 0 Å². The van der Waals surface area contributed by atoms with Gasteiger partial charge in [-0.25, -0.2) is 0 Å². The third-order valence-electron chi connectivity index (χ3n) is 4.70. The number of amides is 1. The lowest BCUT2D eigenvalue weighted by molar-refractivity contribution is -0.140. The van der Waals surface area contributed by atoms with Crippen LogP contribution in [0.4, 0.5) is 0 Å². The highest BCUT2D eigenvalue weighted by atomic mass is 16.5. The second kappa shape index (κ2) is 8.43. The normalized spacial score (nSPS) is 20.6. The van der Waals surface area contributed by atoms with E-state index >= 15 is 0 Å². The quantitative estimate of drug-likeness (QED) is 0.883. The van der Waals surface area contributed by atoms with Crippen molar-refractivity contribution in [3.05, 3.63) is 35.9 Å². The molecule has 126 valence electrons. The average Bonchev–Trinajstić information content (AvgIpc) is 2.62. The van der Waals surface area contributed by atoms with Gasteiger partial charge in [0.25, 0.3) is 0 Å². The van der Waals surface area contributed by atoms with Crippen LogP contribution in [0.1, 0.15) is 18.4 Å². The van der Waals surface area contributed by atoms with Gasteiger partial charge in [0.15, 0.2) is 0 Å². The fourth-order valence-electron chi connectivity index (χ4n) is 3.24. The number of hydrogen-bond donors (Lipinski definition) is 1. The zero-order chi connectivity index (χ0) is 15.9. The second-order valence-electron chi connectivity index (χ2n) is 6.40. The number of ether oxygens (including phenoxy) is 1. The summed E-state index contributed by atoms with van der Waals surface area (Å²) in [6.45, 7) is 6.69. The summed E-state index contributed by atoms with van der Waals surface area (Å²) in [5, 5.41) is 3.31. The molecule has 5 heteroatoms. The Kier molecular flexibility index (Phi) is 6.02. The molecule has 3 rings (SSSR count). The van der Waals surface area contributed by atoms with Gasteiger partial charge in [0.1, 0.15) is 6.61 Å². The molecule has 1 aromatic rings. The number of carbonyl (C=O) groups excluding carboxylic acids is 1. The Hall–Kier alpha value is -1.43. The van der Waals surface area contributed by atoms with E-state index in [2.05, 4.69) is 34.5 Å². The molecule has 0 radical (unpaired) electrons. The third kappa shape index (κ3) is 5.03. The summed E-state index contributed by atoms with van der Waals surface area (Å²) in [5.41, 5.74) is 1.33. The van der Waals surface area contributed by atoms with E-state index in [-0.39, 0.29) is 18.6 Å². The van der Waals surface area contributed by atoms with Gasteiger partial charge in [-0.05, 0) is 31.5 Å². The van der Waals surface area contributed by atoms with Crippen LogP contribution < -0.4 is 5.32 Å². The zero-order valence-electron chi connectivity index (χ0n) is 13.7. The summed E-state index contributed by atoms with van der Waals surface area (Å²) < 4.78 is 5.78. The lowest BCUT2D eigenvalue weighted by atomic mass is 10.1. The van der Waals surface area contributed by atoms with Gasteiger partial charge in [0, 0.05) is 32.7 Å². The van der Waals surface area contributed by atoms with Crippen molar-refractivity contribution in [3.8, 4) is 0 Å². The second-order valence-corrected chi connectivity index (χ2v) is 6.40. The molecule has 1 N–H and O–H groups in total. The van der Waals surface area contributed by atoms with Gasteiger partial charge >= 0.3 is 0 Å². The summed E-state index contributed by atoms with van der Waals surface area (Å²) in [6.07, 6.45) is 2.27. The zero-order valence-corrected chi connectivity index (χ0v) is 13.7. The van der Waals surface area contributed by atoms with Gasteiger partial charge in [-0.3, -0.25) is 9.69 Å². The Bertz CT molecular complexity index is 480. The van der Waals surface area contributed by atoms with Gasteiger partial charge in [-0.1, -0.05) is 30.3 Å². The molecule has 1 amide bonds. The van der Waals surface area contributed by atoms with E-state index in [1.165, 1.54) is 5.56 Å². The summed E-state index contributed by atoms with van der Waals surface area (Å²) in [4.78, 5) is 16.6. The Morgan fingerprint density at radius 1 is 1.09 bits per heavy atom. The SMILES string of the molecule is O=C(COC1CCNCC1)N1CCN(Cc2ccccc2)CC1. The molecule has 0 saturated carbocycles. The van der Waals surface area contributed by atoms with Crippen LogP contribution in [0.2, 0.25) is 0 Å². The summed E-state index contributed by atoms with van der Waals surface area (Å²) >= 11 is 0. The molecule has 23 heavy (non-hydrogen) atoms. The number of piperidine rings is 1. The molecular formula is C18H27N3O2. The van der Waals surface area contributed by atoms with E-state index in [9.17, 15) is 4.79 Å². The standard InChI is InChI=1S/C18H27N3O2/c22-18(15-23-17-6-8-19-9-7-17)21-12-10-20(11-13-21)14-16-4-2-1-3-5-16/h1-5,17,19H,6-15H2. The molecule has 1 aromatic carbocycles. The van der Waals surface area contributed by atoms with Crippen molar-refractivity contribution >= 4 is 5.91 Å². The van der Waals surface area contributed by atoms with Crippen LogP contribution in [0, 0.1) is 0 Å². The molecule has 2 saturated heterocycles. The van der Waals surface area contributed by atoms with Crippen LogP contribution in [0.3, 0.4) is 0 Å². The van der Waals surface area contributed by atoms with Crippen molar-refractivity contribution in [1.82, 2.24) is 15.1 Å². The van der Waals surface area contributed by atoms with Crippen LogP contribution in [0.25, 0.3) is 0 Å². The Morgan fingerprint density at radius 3 is 2.48 bits per heavy atom. The van der Waals surface area contributed by atoms with E-state index in [0.717, 1.165) is 58.7 Å². The van der Waals surface area contributed by atoms with Crippen molar-refractivity contribution in [1.29, 1.82) is 0 Å². The van der Waals surface area contributed by atoms with Gasteiger partial charge in [-0.2, -0.15) is 0 Å². The first-order valence-corrected chi connectivity index (χ1v) is 8.67. The maximum absolute atomic E-state index is 12.3. The van der Waals surface area contributed by atoms with Crippen LogP contribution >= 0.6 is 0 Å². The summed E-state index contributed by atoms with van der Waals surface area (Å²) in [7, 11) is 0. The maximum Gasteiger partial charge on any atom is 0.248 e. The molecule has 0 aromatic heterocycles. The highest BCUT2D eigenvalue weighted by Gasteiger charge is 2.22. The van der Waals surface area contributed by atoms with Crippen molar-refractivity contribution < 1.29 is 9.53 Å². The molecule has 0 bridgehead atoms. The van der Waals surface area contributed by atoms with Crippen LogP contribution in [0.15, 0.2) is 30.3 Å². The van der Waals surface area contributed by atoms with Crippen LogP contribution in [-0.2, 0) is 16.1 Å². The predicted molar refractivity (Wildman–Crippen MR) is 90.1 cm³/mol. The first-order valence-electron chi connectivity index (χ1n) is 8.67. The van der Waals surface area contributed by atoms with Crippen molar-refractivity contribution in [2.24, 2.45) is 0 Å². The van der Waals surface area contributed by atoms with Crippen LogP contribution in [-0.4, -0.2) is 67.7 Å². The number of hydrogen-bond acceptors (Lipinski definition) is 4. The summed E-state index contributed by atoms with van der Waals surface area (Å²) in [6, 6.07) is 10.5. The minimum Gasteiger partial charge on any atom is -0.368 e. The van der Waals surface area contributed by atoms with E-state index in [1.807, 2.05) is 11.0 Å². The highest BCUT2D eigenvalue weighted by molar-refractivity contribution is 5.77. The molecule has 2 aliphatic rings. The smallest absolute Gasteiger partial charge is 0.248 e. The Labute approximate surface area is 138 Å². The number of benzene rings is 1. The number of rotatable bonds is 5.